The highest BCUT2D eigenvalue weighted by Gasteiger charge is 2.19. The fourth-order valence-electron chi connectivity index (χ4n) is 3.33. The third-order valence-corrected chi connectivity index (χ3v) is 4.88. The standard InChI is InChI=1S/C21H25FN4/c1-24(17-18-5-3-2-4-6-18)9-10-25-11-13-26(14-12-25)21-8-7-19(16-23)15-20(21)22/h2-8,15H,9-14,17H2,1H3. The first-order valence-corrected chi connectivity index (χ1v) is 9.05. The van der Waals surface area contributed by atoms with E-state index in [1.54, 1.807) is 12.1 Å². The predicted octanol–water partition coefficient (Wildman–Crippen LogP) is 2.95. The second-order valence-corrected chi connectivity index (χ2v) is 6.83. The van der Waals surface area contributed by atoms with Crippen LogP contribution < -0.4 is 4.90 Å². The van der Waals surface area contributed by atoms with Crippen LogP contribution in [0.2, 0.25) is 0 Å². The molecule has 2 aromatic carbocycles. The number of anilines is 1. The molecule has 0 amide bonds. The Morgan fingerprint density at radius 2 is 1.81 bits per heavy atom. The topological polar surface area (TPSA) is 33.5 Å². The number of benzene rings is 2. The van der Waals surface area contributed by atoms with E-state index in [0.717, 1.165) is 45.8 Å². The summed E-state index contributed by atoms with van der Waals surface area (Å²) < 4.78 is 14.2. The number of halogens is 1. The minimum atomic E-state index is -0.305. The van der Waals surface area contributed by atoms with E-state index >= 15 is 0 Å². The zero-order chi connectivity index (χ0) is 18.4. The lowest BCUT2D eigenvalue weighted by Crippen LogP contribution is -2.48. The monoisotopic (exact) mass is 352 g/mol. The molecule has 0 aromatic heterocycles. The normalized spacial score (nSPS) is 15.2. The van der Waals surface area contributed by atoms with E-state index in [9.17, 15) is 4.39 Å². The lowest BCUT2D eigenvalue weighted by Gasteiger charge is -2.36. The molecule has 1 heterocycles. The highest BCUT2D eigenvalue weighted by molar-refractivity contribution is 5.51. The molecule has 0 saturated carbocycles. The van der Waals surface area contributed by atoms with Crippen LogP contribution in [0.15, 0.2) is 48.5 Å². The average molecular weight is 352 g/mol. The molecule has 0 radical (unpaired) electrons. The second-order valence-electron chi connectivity index (χ2n) is 6.83. The Bertz CT molecular complexity index is 748. The Labute approximate surface area is 155 Å². The predicted molar refractivity (Wildman–Crippen MR) is 103 cm³/mol. The summed E-state index contributed by atoms with van der Waals surface area (Å²) in [5, 5.41) is 8.85. The van der Waals surface area contributed by atoms with Crippen molar-refractivity contribution in [2.24, 2.45) is 0 Å². The zero-order valence-corrected chi connectivity index (χ0v) is 15.2. The van der Waals surface area contributed by atoms with Crippen LogP contribution in [0.3, 0.4) is 0 Å². The Balaban J connectivity index is 1.44. The molecule has 26 heavy (non-hydrogen) atoms. The summed E-state index contributed by atoms with van der Waals surface area (Å²) in [4.78, 5) is 6.84. The first-order valence-electron chi connectivity index (χ1n) is 9.05. The van der Waals surface area contributed by atoms with Gasteiger partial charge in [-0.3, -0.25) is 4.90 Å². The van der Waals surface area contributed by atoms with E-state index in [2.05, 4.69) is 46.0 Å². The van der Waals surface area contributed by atoms with Crippen LogP contribution in [-0.4, -0.2) is 56.1 Å². The van der Waals surface area contributed by atoms with Gasteiger partial charge in [0.05, 0.1) is 17.3 Å². The minimum absolute atomic E-state index is 0.305. The SMILES string of the molecule is CN(CCN1CCN(c2ccc(C#N)cc2F)CC1)Cc1ccccc1. The van der Waals surface area contributed by atoms with Crippen LogP contribution in [0.4, 0.5) is 10.1 Å². The van der Waals surface area contributed by atoms with Gasteiger partial charge in [0.25, 0.3) is 0 Å². The zero-order valence-electron chi connectivity index (χ0n) is 15.2. The van der Waals surface area contributed by atoms with Gasteiger partial charge in [-0.05, 0) is 30.8 Å². The van der Waals surface area contributed by atoms with Gasteiger partial charge < -0.3 is 9.80 Å². The van der Waals surface area contributed by atoms with Crippen molar-refractivity contribution < 1.29 is 4.39 Å². The third-order valence-electron chi connectivity index (χ3n) is 4.88. The number of hydrogen-bond donors (Lipinski definition) is 0. The molecule has 0 aliphatic carbocycles. The lowest BCUT2D eigenvalue weighted by molar-refractivity contribution is 0.212. The van der Waals surface area contributed by atoms with Crippen molar-refractivity contribution in [1.29, 1.82) is 5.26 Å². The summed E-state index contributed by atoms with van der Waals surface area (Å²) in [6, 6.07) is 17.2. The minimum Gasteiger partial charge on any atom is -0.367 e. The molecule has 136 valence electrons. The van der Waals surface area contributed by atoms with Gasteiger partial charge in [0.2, 0.25) is 0 Å². The summed E-state index contributed by atoms with van der Waals surface area (Å²) in [6.07, 6.45) is 0. The summed E-state index contributed by atoms with van der Waals surface area (Å²) in [5.74, 6) is -0.305. The van der Waals surface area contributed by atoms with Crippen LogP contribution >= 0.6 is 0 Å². The largest absolute Gasteiger partial charge is 0.367 e. The molecule has 4 nitrogen and oxygen atoms in total. The van der Waals surface area contributed by atoms with Crippen LogP contribution in [-0.2, 0) is 6.54 Å². The van der Waals surface area contributed by atoms with E-state index in [1.807, 2.05) is 12.1 Å². The summed E-state index contributed by atoms with van der Waals surface area (Å²) >= 11 is 0. The van der Waals surface area contributed by atoms with Crippen LogP contribution in [0.5, 0.6) is 0 Å². The van der Waals surface area contributed by atoms with Crippen LogP contribution in [0.1, 0.15) is 11.1 Å². The number of rotatable bonds is 6. The molecule has 0 atom stereocenters. The molecule has 0 spiro atoms. The number of nitriles is 1. The maximum Gasteiger partial charge on any atom is 0.147 e. The van der Waals surface area contributed by atoms with E-state index < -0.39 is 0 Å². The van der Waals surface area contributed by atoms with Gasteiger partial charge in [0.15, 0.2) is 0 Å². The molecular weight excluding hydrogens is 327 g/mol. The molecule has 1 aliphatic rings. The molecule has 2 aromatic rings. The Morgan fingerprint density at radius 1 is 1.08 bits per heavy atom. The quantitative estimate of drug-likeness (QED) is 0.800. The highest BCUT2D eigenvalue weighted by Crippen LogP contribution is 2.21. The van der Waals surface area contributed by atoms with E-state index in [4.69, 9.17) is 5.26 Å². The van der Waals surface area contributed by atoms with Gasteiger partial charge in [-0.15, -0.1) is 0 Å². The van der Waals surface area contributed by atoms with Crippen molar-refractivity contribution in [2.45, 2.75) is 6.54 Å². The van der Waals surface area contributed by atoms with Gasteiger partial charge >= 0.3 is 0 Å². The van der Waals surface area contributed by atoms with Crippen molar-refractivity contribution in [3.63, 3.8) is 0 Å². The van der Waals surface area contributed by atoms with Gasteiger partial charge in [-0.2, -0.15) is 5.26 Å². The number of likely N-dealkylation sites (N-methyl/N-ethyl adjacent to an activating group) is 1. The maximum atomic E-state index is 14.2. The van der Waals surface area contributed by atoms with Gasteiger partial charge in [-0.1, -0.05) is 30.3 Å². The van der Waals surface area contributed by atoms with Crippen molar-refractivity contribution >= 4 is 5.69 Å². The van der Waals surface area contributed by atoms with Crippen molar-refractivity contribution in [3.05, 3.63) is 65.5 Å². The van der Waals surface area contributed by atoms with Gasteiger partial charge in [-0.25, -0.2) is 4.39 Å². The number of piperazine rings is 1. The average Bonchev–Trinajstić information content (AvgIpc) is 2.67. The molecule has 0 N–H and O–H groups in total. The number of nitrogens with zero attached hydrogens (tertiary/aromatic N) is 4. The fourth-order valence-corrected chi connectivity index (χ4v) is 3.33. The molecule has 1 aliphatic heterocycles. The van der Waals surface area contributed by atoms with Crippen LogP contribution in [0, 0.1) is 17.1 Å². The fraction of sp³-hybridized carbons (Fsp3) is 0.381. The lowest BCUT2D eigenvalue weighted by atomic mass is 10.2. The van der Waals surface area contributed by atoms with Crippen molar-refractivity contribution in [1.82, 2.24) is 9.80 Å². The third kappa shape index (κ3) is 4.81. The molecular formula is C21H25FN4. The highest BCUT2D eigenvalue weighted by atomic mass is 19.1. The summed E-state index contributed by atoms with van der Waals surface area (Å²) in [6.45, 7) is 6.47. The van der Waals surface area contributed by atoms with E-state index in [1.165, 1.54) is 11.6 Å². The Kier molecular flexibility index (Phi) is 6.21. The van der Waals surface area contributed by atoms with Crippen molar-refractivity contribution in [3.8, 4) is 6.07 Å². The van der Waals surface area contributed by atoms with E-state index in [0.29, 0.717) is 11.3 Å². The maximum absolute atomic E-state index is 14.2. The first-order chi connectivity index (χ1) is 12.7. The van der Waals surface area contributed by atoms with Crippen molar-refractivity contribution in [2.75, 3.05) is 51.2 Å². The van der Waals surface area contributed by atoms with Gasteiger partial charge in [0, 0.05) is 45.8 Å². The molecule has 1 fully saturated rings. The molecule has 1 saturated heterocycles. The summed E-state index contributed by atoms with van der Waals surface area (Å²) in [7, 11) is 2.15. The molecule has 3 rings (SSSR count). The van der Waals surface area contributed by atoms with Crippen LogP contribution in [0.25, 0.3) is 0 Å². The molecule has 0 bridgehead atoms. The molecule has 5 heteroatoms. The Hall–Kier alpha value is -2.42. The van der Waals surface area contributed by atoms with E-state index in [-0.39, 0.29) is 5.82 Å². The smallest absolute Gasteiger partial charge is 0.147 e. The van der Waals surface area contributed by atoms with Gasteiger partial charge in [0.1, 0.15) is 5.82 Å². The summed E-state index contributed by atoms with van der Waals surface area (Å²) in [5.41, 5.74) is 2.30. The second kappa shape index (κ2) is 8.79. The Morgan fingerprint density at radius 3 is 2.46 bits per heavy atom. The number of hydrogen-bond acceptors (Lipinski definition) is 4. The first kappa shape index (κ1) is 18.4. The molecule has 0 unspecified atom stereocenters.